The van der Waals surface area contributed by atoms with Crippen molar-refractivity contribution in [3.05, 3.63) is 75.3 Å². The Morgan fingerprint density at radius 3 is 2.58 bits per heavy atom. The average molecular weight is 369 g/mol. The number of benzene rings is 1. The lowest BCUT2D eigenvalue weighted by molar-refractivity contribution is 0.247. The van der Waals surface area contributed by atoms with Crippen LogP contribution in [-0.2, 0) is 6.54 Å². The zero-order valence-corrected chi connectivity index (χ0v) is 15.5. The van der Waals surface area contributed by atoms with Crippen LogP contribution in [0.2, 0.25) is 5.02 Å². The van der Waals surface area contributed by atoms with Crippen molar-refractivity contribution in [1.82, 2.24) is 14.3 Å². The molecule has 6 heteroatoms. The number of fused-ring (bicyclic) bond motifs is 1. The van der Waals surface area contributed by atoms with Crippen LogP contribution in [0.5, 0.6) is 0 Å². The Bertz CT molecular complexity index is 993. The van der Waals surface area contributed by atoms with E-state index in [1.54, 1.807) is 10.5 Å². The third-order valence-corrected chi connectivity index (χ3v) is 5.20. The average Bonchev–Trinajstić information content (AvgIpc) is 2.63. The van der Waals surface area contributed by atoms with E-state index in [0.29, 0.717) is 12.2 Å². The number of aryl methyl sites for hydroxylation is 1. The summed E-state index contributed by atoms with van der Waals surface area (Å²) in [5.41, 5.74) is 3.51. The number of piperazine rings is 1. The summed E-state index contributed by atoms with van der Waals surface area (Å²) in [6, 6.07) is 15.3. The summed E-state index contributed by atoms with van der Waals surface area (Å²) in [7, 11) is 0. The molecule has 1 saturated heterocycles. The summed E-state index contributed by atoms with van der Waals surface area (Å²) in [4.78, 5) is 21.7. The van der Waals surface area contributed by atoms with E-state index in [1.807, 2.05) is 43.3 Å². The van der Waals surface area contributed by atoms with Crippen molar-refractivity contribution in [2.24, 2.45) is 0 Å². The molecule has 0 aliphatic carbocycles. The summed E-state index contributed by atoms with van der Waals surface area (Å²) in [6.45, 7) is 6.27. The molecule has 134 valence electrons. The molecule has 0 bridgehead atoms. The van der Waals surface area contributed by atoms with Crippen LogP contribution in [0.4, 0.5) is 5.69 Å². The number of hydrogen-bond acceptors (Lipinski definition) is 4. The highest BCUT2D eigenvalue weighted by atomic mass is 35.5. The van der Waals surface area contributed by atoms with Crippen LogP contribution in [0.25, 0.3) is 5.65 Å². The monoisotopic (exact) mass is 368 g/mol. The maximum Gasteiger partial charge on any atom is 0.258 e. The third-order valence-electron chi connectivity index (χ3n) is 4.88. The van der Waals surface area contributed by atoms with Gasteiger partial charge in [0.2, 0.25) is 0 Å². The molecule has 0 unspecified atom stereocenters. The van der Waals surface area contributed by atoms with Crippen molar-refractivity contribution < 1.29 is 0 Å². The number of pyridine rings is 1. The zero-order chi connectivity index (χ0) is 18.1. The second-order valence-electron chi connectivity index (χ2n) is 6.66. The van der Waals surface area contributed by atoms with Gasteiger partial charge in [0.25, 0.3) is 5.56 Å². The van der Waals surface area contributed by atoms with Gasteiger partial charge in [-0.25, -0.2) is 4.98 Å². The summed E-state index contributed by atoms with van der Waals surface area (Å²) in [5.74, 6) is 0. The van der Waals surface area contributed by atoms with E-state index in [2.05, 4.69) is 20.9 Å². The summed E-state index contributed by atoms with van der Waals surface area (Å²) >= 11 is 6.31. The highest BCUT2D eigenvalue weighted by Gasteiger charge is 2.19. The molecule has 0 N–H and O–H groups in total. The largest absolute Gasteiger partial charge is 0.368 e. The molecule has 1 fully saturated rings. The van der Waals surface area contributed by atoms with E-state index in [4.69, 9.17) is 11.6 Å². The first-order chi connectivity index (χ1) is 12.6. The first kappa shape index (κ1) is 17.1. The fraction of sp³-hybridized carbons (Fsp3) is 0.300. The van der Waals surface area contributed by atoms with Gasteiger partial charge in [-0.1, -0.05) is 29.8 Å². The van der Waals surface area contributed by atoms with E-state index < -0.39 is 0 Å². The Morgan fingerprint density at radius 2 is 1.81 bits per heavy atom. The molecule has 2 aromatic heterocycles. The molecule has 0 saturated carbocycles. The zero-order valence-electron chi connectivity index (χ0n) is 14.7. The second-order valence-corrected chi connectivity index (χ2v) is 7.07. The molecule has 0 radical (unpaired) electrons. The number of para-hydroxylation sites is 1. The first-order valence-electron chi connectivity index (χ1n) is 8.82. The minimum Gasteiger partial charge on any atom is -0.368 e. The summed E-state index contributed by atoms with van der Waals surface area (Å²) < 4.78 is 1.65. The van der Waals surface area contributed by atoms with Gasteiger partial charge in [-0.2, -0.15) is 0 Å². The minimum absolute atomic E-state index is 0.0159. The van der Waals surface area contributed by atoms with E-state index in [-0.39, 0.29) is 5.56 Å². The topological polar surface area (TPSA) is 40.9 Å². The van der Waals surface area contributed by atoms with Crippen LogP contribution in [0.15, 0.2) is 53.3 Å². The Labute approximate surface area is 157 Å². The van der Waals surface area contributed by atoms with Crippen LogP contribution in [-0.4, -0.2) is 40.5 Å². The first-order valence-corrected chi connectivity index (χ1v) is 9.20. The summed E-state index contributed by atoms with van der Waals surface area (Å²) in [5, 5.41) is 0.792. The Morgan fingerprint density at radius 1 is 1.04 bits per heavy atom. The number of aromatic nitrogens is 2. The number of nitrogens with zero attached hydrogens (tertiary/aromatic N) is 4. The Hall–Kier alpha value is -2.37. The predicted octanol–water partition coefficient (Wildman–Crippen LogP) is 2.98. The molecular weight excluding hydrogens is 348 g/mol. The number of halogens is 1. The SMILES string of the molecule is Cc1cccc2nc(CN3CCN(c4ccccc4Cl)CC3)cc(=O)n12. The molecule has 5 nitrogen and oxygen atoms in total. The van der Waals surface area contributed by atoms with Crippen molar-refractivity contribution in [2.45, 2.75) is 13.5 Å². The van der Waals surface area contributed by atoms with Crippen LogP contribution < -0.4 is 10.5 Å². The van der Waals surface area contributed by atoms with Gasteiger partial charge in [0, 0.05) is 44.5 Å². The van der Waals surface area contributed by atoms with Crippen molar-refractivity contribution in [3.8, 4) is 0 Å². The van der Waals surface area contributed by atoms with Crippen molar-refractivity contribution >= 4 is 22.9 Å². The molecular formula is C20H21ClN4O. The smallest absolute Gasteiger partial charge is 0.258 e. The van der Waals surface area contributed by atoms with Crippen LogP contribution in [0.1, 0.15) is 11.4 Å². The molecule has 26 heavy (non-hydrogen) atoms. The van der Waals surface area contributed by atoms with Gasteiger partial charge in [-0.3, -0.25) is 14.1 Å². The standard InChI is InChI=1S/C20H21ClN4O/c1-15-5-4-8-19-22-16(13-20(26)25(15)19)14-23-9-11-24(12-10-23)18-7-3-2-6-17(18)21/h2-8,13H,9-12,14H2,1H3. The van der Waals surface area contributed by atoms with Gasteiger partial charge in [-0.15, -0.1) is 0 Å². The number of anilines is 1. The Balaban J connectivity index is 1.47. The molecule has 0 spiro atoms. The van der Waals surface area contributed by atoms with E-state index in [1.165, 1.54) is 0 Å². The number of hydrogen-bond donors (Lipinski definition) is 0. The molecule has 3 aromatic rings. The molecule has 0 amide bonds. The molecule has 0 atom stereocenters. The van der Waals surface area contributed by atoms with Crippen molar-refractivity contribution in [3.63, 3.8) is 0 Å². The second kappa shape index (κ2) is 7.09. The predicted molar refractivity (Wildman–Crippen MR) is 105 cm³/mol. The van der Waals surface area contributed by atoms with Gasteiger partial charge in [-0.05, 0) is 31.2 Å². The summed E-state index contributed by atoms with van der Waals surface area (Å²) in [6.07, 6.45) is 0. The molecule has 3 heterocycles. The van der Waals surface area contributed by atoms with Gasteiger partial charge < -0.3 is 4.90 Å². The molecule has 1 aliphatic rings. The van der Waals surface area contributed by atoms with Gasteiger partial charge in [0.1, 0.15) is 5.65 Å². The highest BCUT2D eigenvalue weighted by molar-refractivity contribution is 6.33. The molecule has 1 aromatic carbocycles. The fourth-order valence-corrected chi connectivity index (χ4v) is 3.78. The lowest BCUT2D eigenvalue weighted by Crippen LogP contribution is -2.46. The van der Waals surface area contributed by atoms with Crippen LogP contribution >= 0.6 is 11.6 Å². The van der Waals surface area contributed by atoms with Gasteiger partial charge >= 0.3 is 0 Å². The van der Waals surface area contributed by atoms with E-state index in [0.717, 1.165) is 48.3 Å². The number of rotatable bonds is 3. The highest BCUT2D eigenvalue weighted by Crippen LogP contribution is 2.26. The quantitative estimate of drug-likeness (QED) is 0.712. The molecule has 1 aliphatic heterocycles. The maximum absolute atomic E-state index is 12.4. The van der Waals surface area contributed by atoms with E-state index in [9.17, 15) is 4.79 Å². The van der Waals surface area contributed by atoms with Crippen LogP contribution in [0, 0.1) is 6.92 Å². The fourth-order valence-electron chi connectivity index (χ4n) is 3.53. The lowest BCUT2D eigenvalue weighted by Gasteiger charge is -2.36. The van der Waals surface area contributed by atoms with Crippen LogP contribution in [0.3, 0.4) is 0 Å². The van der Waals surface area contributed by atoms with Gasteiger partial charge in [0.05, 0.1) is 16.4 Å². The maximum atomic E-state index is 12.4. The van der Waals surface area contributed by atoms with Gasteiger partial charge in [0.15, 0.2) is 0 Å². The van der Waals surface area contributed by atoms with Crippen molar-refractivity contribution in [1.29, 1.82) is 0 Å². The minimum atomic E-state index is -0.0159. The third kappa shape index (κ3) is 3.32. The Kier molecular flexibility index (Phi) is 4.66. The van der Waals surface area contributed by atoms with Crippen molar-refractivity contribution in [2.75, 3.05) is 31.1 Å². The normalized spacial score (nSPS) is 15.5. The van der Waals surface area contributed by atoms with E-state index >= 15 is 0 Å². The molecule has 4 rings (SSSR count). The lowest BCUT2D eigenvalue weighted by atomic mass is 10.2.